The van der Waals surface area contributed by atoms with E-state index in [9.17, 15) is 9.59 Å². The number of hydrogen-bond donors (Lipinski definition) is 1. The number of hydrogen-bond acceptors (Lipinski definition) is 3. The van der Waals surface area contributed by atoms with Crippen molar-refractivity contribution in [2.45, 2.75) is 19.8 Å². The molecule has 0 aliphatic heterocycles. The van der Waals surface area contributed by atoms with E-state index in [1.165, 1.54) is 0 Å². The topological polar surface area (TPSA) is 66.6 Å². The van der Waals surface area contributed by atoms with Crippen molar-refractivity contribution in [3.05, 3.63) is 30.3 Å². The lowest BCUT2D eigenvalue weighted by Gasteiger charge is -2.24. The maximum atomic E-state index is 12.2. The van der Waals surface area contributed by atoms with Crippen molar-refractivity contribution in [1.29, 1.82) is 0 Å². The SMILES string of the molecule is CCCCN(CC(N)=O)CC(=O)N(C)c1ccccc1. The fourth-order valence-electron chi connectivity index (χ4n) is 1.91. The van der Waals surface area contributed by atoms with Gasteiger partial charge in [0, 0.05) is 12.7 Å². The molecule has 20 heavy (non-hydrogen) atoms. The molecule has 1 aromatic rings. The maximum Gasteiger partial charge on any atom is 0.240 e. The molecule has 0 bridgehead atoms. The van der Waals surface area contributed by atoms with Crippen LogP contribution in [0.2, 0.25) is 0 Å². The predicted molar refractivity (Wildman–Crippen MR) is 80.4 cm³/mol. The summed E-state index contributed by atoms with van der Waals surface area (Å²) in [4.78, 5) is 26.7. The van der Waals surface area contributed by atoms with Crippen LogP contribution in [0.3, 0.4) is 0 Å². The first-order valence-electron chi connectivity index (χ1n) is 6.86. The molecule has 0 atom stereocenters. The van der Waals surface area contributed by atoms with Gasteiger partial charge in [0.05, 0.1) is 13.1 Å². The van der Waals surface area contributed by atoms with Gasteiger partial charge in [-0.1, -0.05) is 31.5 Å². The molecule has 5 heteroatoms. The summed E-state index contributed by atoms with van der Waals surface area (Å²) in [7, 11) is 1.74. The van der Waals surface area contributed by atoms with E-state index in [1.807, 2.05) is 30.3 Å². The van der Waals surface area contributed by atoms with Crippen molar-refractivity contribution >= 4 is 17.5 Å². The fourth-order valence-corrected chi connectivity index (χ4v) is 1.91. The number of unbranched alkanes of at least 4 members (excludes halogenated alkanes) is 1. The van der Waals surface area contributed by atoms with Crippen LogP contribution >= 0.6 is 0 Å². The van der Waals surface area contributed by atoms with Gasteiger partial charge >= 0.3 is 0 Å². The molecule has 1 rings (SSSR count). The Labute approximate surface area is 120 Å². The van der Waals surface area contributed by atoms with Gasteiger partial charge in [-0.15, -0.1) is 0 Å². The normalized spacial score (nSPS) is 10.6. The second-order valence-corrected chi connectivity index (χ2v) is 4.82. The van der Waals surface area contributed by atoms with Gasteiger partial charge in [-0.3, -0.25) is 14.5 Å². The van der Waals surface area contributed by atoms with Gasteiger partial charge in [0.1, 0.15) is 0 Å². The number of nitrogens with two attached hydrogens (primary N) is 1. The third-order valence-electron chi connectivity index (χ3n) is 3.08. The van der Waals surface area contributed by atoms with Gasteiger partial charge in [0.2, 0.25) is 11.8 Å². The van der Waals surface area contributed by atoms with Crippen LogP contribution in [0.4, 0.5) is 5.69 Å². The smallest absolute Gasteiger partial charge is 0.240 e. The van der Waals surface area contributed by atoms with Crippen molar-refractivity contribution in [3.63, 3.8) is 0 Å². The number of para-hydroxylation sites is 1. The van der Waals surface area contributed by atoms with E-state index in [0.29, 0.717) is 6.54 Å². The molecule has 0 aliphatic rings. The molecule has 0 unspecified atom stereocenters. The first-order valence-corrected chi connectivity index (χ1v) is 6.86. The van der Waals surface area contributed by atoms with Crippen molar-refractivity contribution in [1.82, 2.24) is 4.90 Å². The average molecular weight is 277 g/mol. The number of likely N-dealkylation sites (N-methyl/N-ethyl adjacent to an activating group) is 1. The molecule has 0 saturated heterocycles. The van der Waals surface area contributed by atoms with Gasteiger partial charge in [-0.2, -0.15) is 0 Å². The summed E-state index contributed by atoms with van der Waals surface area (Å²) in [6, 6.07) is 9.43. The fraction of sp³-hybridized carbons (Fsp3) is 0.467. The Morgan fingerprint density at radius 1 is 1.15 bits per heavy atom. The minimum absolute atomic E-state index is 0.0476. The Morgan fingerprint density at radius 2 is 1.80 bits per heavy atom. The molecule has 2 amide bonds. The Morgan fingerprint density at radius 3 is 2.35 bits per heavy atom. The highest BCUT2D eigenvalue weighted by Crippen LogP contribution is 2.11. The van der Waals surface area contributed by atoms with Crippen LogP contribution in [0.25, 0.3) is 0 Å². The number of carbonyl (C=O) groups excluding carboxylic acids is 2. The molecule has 0 saturated carbocycles. The average Bonchev–Trinajstić information content (AvgIpc) is 2.44. The van der Waals surface area contributed by atoms with Crippen LogP contribution in [-0.4, -0.2) is 43.4 Å². The summed E-state index contributed by atoms with van der Waals surface area (Å²) in [5.74, 6) is -0.454. The minimum Gasteiger partial charge on any atom is -0.369 e. The van der Waals surface area contributed by atoms with E-state index >= 15 is 0 Å². The van der Waals surface area contributed by atoms with Crippen molar-refractivity contribution < 1.29 is 9.59 Å². The molecule has 110 valence electrons. The van der Waals surface area contributed by atoms with Gasteiger partial charge in [0.25, 0.3) is 0 Å². The molecule has 2 N–H and O–H groups in total. The maximum absolute atomic E-state index is 12.2. The standard InChI is InChI=1S/C15H23N3O2/c1-3-4-10-18(11-14(16)19)12-15(20)17(2)13-8-6-5-7-9-13/h5-9H,3-4,10-12H2,1-2H3,(H2,16,19). The molecule has 0 fully saturated rings. The zero-order valence-corrected chi connectivity index (χ0v) is 12.2. The summed E-state index contributed by atoms with van der Waals surface area (Å²) in [6.07, 6.45) is 1.95. The van der Waals surface area contributed by atoms with E-state index in [4.69, 9.17) is 5.73 Å². The van der Waals surface area contributed by atoms with Crippen LogP contribution in [0.15, 0.2) is 30.3 Å². The zero-order chi connectivity index (χ0) is 15.0. The summed E-state index contributed by atoms with van der Waals surface area (Å²) in [6.45, 7) is 3.09. The largest absolute Gasteiger partial charge is 0.369 e. The van der Waals surface area contributed by atoms with E-state index in [1.54, 1.807) is 16.8 Å². The molecule has 0 heterocycles. The number of rotatable bonds is 8. The highest BCUT2D eigenvalue weighted by atomic mass is 16.2. The third-order valence-corrected chi connectivity index (χ3v) is 3.08. The van der Waals surface area contributed by atoms with Gasteiger partial charge in [-0.25, -0.2) is 0 Å². The lowest BCUT2D eigenvalue weighted by atomic mass is 10.2. The second kappa shape index (κ2) is 8.32. The summed E-state index contributed by atoms with van der Waals surface area (Å²) >= 11 is 0. The zero-order valence-electron chi connectivity index (χ0n) is 12.2. The second-order valence-electron chi connectivity index (χ2n) is 4.82. The van der Waals surface area contributed by atoms with Crippen molar-refractivity contribution in [2.24, 2.45) is 5.73 Å². The molecule has 1 aromatic carbocycles. The number of carbonyl (C=O) groups is 2. The first kappa shape index (κ1) is 16.2. The van der Waals surface area contributed by atoms with Gasteiger partial charge in [0.15, 0.2) is 0 Å². The molecular formula is C15H23N3O2. The number of anilines is 1. The van der Waals surface area contributed by atoms with Crippen molar-refractivity contribution in [2.75, 3.05) is 31.6 Å². The Balaban J connectivity index is 2.62. The summed E-state index contributed by atoms with van der Waals surface area (Å²) in [5, 5.41) is 0. The lowest BCUT2D eigenvalue weighted by molar-refractivity contribution is -0.122. The minimum atomic E-state index is -0.406. The first-order chi connectivity index (χ1) is 9.54. The molecule has 0 radical (unpaired) electrons. The Bertz CT molecular complexity index is 434. The third kappa shape index (κ3) is 5.40. The van der Waals surface area contributed by atoms with Gasteiger partial charge in [-0.05, 0) is 25.1 Å². The molecule has 0 aromatic heterocycles. The number of primary amides is 1. The highest BCUT2D eigenvalue weighted by Gasteiger charge is 2.16. The van der Waals surface area contributed by atoms with E-state index in [-0.39, 0.29) is 19.0 Å². The molecular weight excluding hydrogens is 254 g/mol. The number of nitrogens with zero attached hydrogens (tertiary/aromatic N) is 2. The Hall–Kier alpha value is -1.88. The molecule has 5 nitrogen and oxygen atoms in total. The summed E-state index contributed by atoms with van der Waals surface area (Å²) in [5.41, 5.74) is 6.06. The van der Waals surface area contributed by atoms with Crippen LogP contribution in [0, 0.1) is 0 Å². The monoisotopic (exact) mass is 277 g/mol. The Kier molecular flexibility index (Phi) is 6.73. The van der Waals surface area contributed by atoms with E-state index < -0.39 is 5.91 Å². The summed E-state index contributed by atoms with van der Waals surface area (Å²) < 4.78 is 0. The quantitative estimate of drug-likeness (QED) is 0.777. The van der Waals surface area contributed by atoms with Crippen molar-refractivity contribution in [3.8, 4) is 0 Å². The van der Waals surface area contributed by atoms with Crippen LogP contribution in [0.1, 0.15) is 19.8 Å². The number of benzene rings is 1. The molecule has 0 aliphatic carbocycles. The van der Waals surface area contributed by atoms with Crippen LogP contribution in [0.5, 0.6) is 0 Å². The highest BCUT2D eigenvalue weighted by molar-refractivity contribution is 5.94. The van der Waals surface area contributed by atoms with Gasteiger partial charge < -0.3 is 10.6 Å². The lowest BCUT2D eigenvalue weighted by Crippen LogP contribution is -2.42. The predicted octanol–water partition coefficient (Wildman–Crippen LogP) is 1.24. The van der Waals surface area contributed by atoms with E-state index in [2.05, 4.69) is 6.92 Å². The van der Waals surface area contributed by atoms with Crippen LogP contribution < -0.4 is 10.6 Å². The van der Waals surface area contributed by atoms with Crippen LogP contribution in [-0.2, 0) is 9.59 Å². The van der Waals surface area contributed by atoms with E-state index in [0.717, 1.165) is 18.5 Å². The number of amides is 2. The molecule has 0 spiro atoms.